The highest BCUT2D eigenvalue weighted by atomic mass is 35.5. The van der Waals surface area contributed by atoms with E-state index in [-0.39, 0.29) is 12.4 Å². The Morgan fingerprint density at radius 2 is 1.24 bits per heavy atom. The summed E-state index contributed by atoms with van der Waals surface area (Å²) in [6, 6.07) is 0. The van der Waals surface area contributed by atoms with Gasteiger partial charge in [-0.3, -0.25) is 0 Å². The van der Waals surface area contributed by atoms with Gasteiger partial charge in [-0.1, -0.05) is 45.4 Å². The molecule has 0 unspecified atom stereocenters. The van der Waals surface area contributed by atoms with Crippen molar-refractivity contribution in [2.45, 2.75) is 77.6 Å². The highest BCUT2D eigenvalue weighted by molar-refractivity contribution is 4.48. The molecule has 1 aliphatic rings. The molecule has 1 rings (SSSR count). The Bertz CT molecular complexity index is 144. The van der Waals surface area contributed by atoms with Crippen LogP contribution in [0.4, 0.5) is 0 Å². The molecule has 0 spiro atoms. The molecule has 0 aromatic carbocycles. The van der Waals surface area contributed by atoms with Gasteiger partial charge in [0.15, 0.2) is 0 Å². The molecule has 0 aromatic rings. The summed E-state index contributed by atoms with van der Waals surface area (Å²) < 4.78 is 0. The van der Waals surface area contributed by atoms with Crippen molar-refractivity contribution in [3.8, 4) is 0 Å². The SMILES string of the molecule is CCCCCCCCCC[NH+]1CCCCC1.[Cl-]. The summed E-state index contributed by atoms with van der Waals surface area (Å²) in [6.45, 7) is 6.66. The van der Waals surface area contributed by atoms with E-state index in [1.807, 2.05) is 4.90 Å². The molecule has 1 aliphatic heterocycles. The lowest BCUT2D eigenvalue weighted by Gasteiger charge is -2.23. The van der Waals surface area contributed by atoms with Crippen LogP contribution >= 0.6 is 0 Å². The lowest BCUT2D eigenvalue weighted by Crippen LogP contribution is -3.12. The van der Waals surface area contributed by atoms with Crippen molar-refractivity contribution in [2.75, 3.05) is 19.6 Å². The topological polar surface area (TPSA) is 4.44 Å². The van der Waals surface area contributed by atoms with Gasteiger partial charge in [-0.25, -0.2) is 0 Å². The average molecular weight is 262 g/mol. The molecule has 17 heavy (non-hydrogen) atoms. The lowest BCUT2D eigenvalue weighted by molar-refractivity contribution is -0.905. The van der Waals surface area contributed by atoms with Crippen LogP contribution in [0.2, 0.25) is 0 Å². The van der Waals surface area contributed by atoms with E-state index in [0.717, 1.165) is 0 Å². The number of nitrogens with one attached hydrogen (secondary N) is 1. The standard InChI is InChI=1S/C15H31N.ClH/c1-2-3-4-5-6-7-8-10-13-16-14-11-9-12-15-16;/h2-15H2,1H3;1H. The fraction of sp³-hybridized carbons (Fsp3) is 1.00. The van der Waals surface area contributed by atoms with E-state index in [1.54, 1.807) is 0 Å². The summed E-state index contributed by atoms with van der Waals surface area (Å²) in [5.74, 6) is 0. The van der Waals surface area contributed by atoms with E-state index in [1.165, 1.54) is 90.3 Å². The number of hydrogen-bond acceptors (Lipinski definition) is 0. The molecule has 0 atom stereocenters. The number of piperidine rings is 1. The van der Waals surface area contributed by atoms with Crippen LogP contribution < -0.4 is 17.3 Å². The van der Waals surface area contributed by atoms with E-state index in [4.69, 9.17) is 0 Å². The van der Waals surface area contributed by atoms with Crippen LogP contribution in [-0.2, 0) is 0 Å². The Kier molecular flexibility index (Phi) is 12.9. The van der Waals surface area contributed by atoms with Gasteiger partial charge in [-0.2, -0.15) is 0 Å². The number of rotatable bonds is 9. The first-order chi connectivity index (χ1) is 7.93. The predicted octanol–water partition coefficient (Wildman–Crippen LogP) is 0.200. The number of hydrogen-bond donors (Lipinski definition) is 1. The first-order valence-corrected chi connectivity index (χ1v) is 7.77. The van der Waals surface area contributed by atoms with E-state index in [9.17, 15) is 0 Å². The van der Waals surface area contributed by atoms with Crippen molar-refractivity contribution in [3.63, 3.8) is 0 Å². The zero-order valence-electron chi connectivity index (χ0n) is 11.8. The number of likely N-dealkylation sites (tertiary alicyclic amines) is 1. The lowest BCUT2D eigenvalue weighted by atomic mass is 10.1. The van der Waals surface area contributed by atoms with Crippen molar-refractivity contribution in [1.29, 1.82) is 0 Å². The van der Waals surface area contributed by atoms with Gasteiger partial charge in [-0.15, -0.1) is 0 Å². The Balaban J connectivity index is 0.00000256. The molecule has 0 saturated carbocycles. The van der Waals surface area contributed by atoms with Crippen LogP contribution in [0.15, 0.2) is 0 Å². The second-order valence-corrected chi connectivity index (χ2v) is 5.54. The second kappa shape index (κ2) is 12.7. The highest BCUT2D eigenvalue weighted by Gasteiger charge is 2.11. The first-order valence-electron chi connectivity index (χ1n) is 7.77. The van der Waals surface area contributed by atoms with E-state index in [0.29, 0.717) is 0 Å². The van der Waals surface area contributed by atoms with Gasteiger partial charge >= 0.3 is 0 Å². The number of unbranched alkanes of at least 4 members (excludes halogenated alkanes) is 7. The van der Waals surface area contributed by atoms with Gasteiger partial charge in [0.1, 0.15) is 0 Å². The Morgan fingerprint density at radius 1 is 0.706 bits per heavy atom. The van der Waals surface area contributed by atoms with E-state index in [2.05, 4.69) is 6.92 Å². The normalized spacial score (nSPS) is 16.8. The van der Waals surface area contributed by atoms with Crippen LogP contribution in [0.5, 0.6) is 0 Å². The molecule has 0 aliphatic carbocycles. The van der Waals surface area contributed by atoms with Crippen molar-refractivity contribution in [3.05, 3.63) is 0 Å². The first kappa shape index (κ1) is 17.2. The van der Waals surface area contributed by atoms with Gasteiger partial charge < -0.3 is 17.3 Å². The fourth-order valence-corrected chi connectivity index (χ4v) is 2.81. The number of halogens is 1. The molecular weight excluding hydrogens is 230 g/mol. The molecule has 104 valence electrons. The Morgan fingerprint density at radius 3 is 1.82 bits per heavy atom. The van der Waals surface area contributed by atoms with Crippen LogP contribution in [-0.4, -0.2) is 19.6 Å². The largest absolute Gasteiger partial charge is 1.00 e. The van der Waals surface area contributed by atoms with Crippen LogP contribution in [0.3, 0.4) is 0 Å². The minimum atomic E-state index is 0. The van der Waals surface area contributed by atoms with Crippen molar-refractivity contribution >= 4 is 0 Å². The molecule has 1 nitrogen and oxygen atoms in total. The van der Waals surface area contributed by atoms with Crippen molar-refractivity contribution in [2.24, 2.45) is 0 Å². The molecule has 0 amide bonds. The second-order valence-electron chi connectivity index (χ2n) is 5.54. The summed E-state index contributed by atoms with van der Waals surface area (Å²) in [6.07, 6.45) is 16.1. The summed E-state index contributed by atoms with van der Waals surface area (Å²) in [7, 11) is 0. The minimum absolute atomic E-state index is 0. The Hall–Kier alpha value is 0.250. The van der Waals surface area contributed by atoms with Gasteiger partial charge in [-0.05, 0) is 32.1 Å². The van der Waals surface area contributed by atoms with Crippen molar-refractivity contribution in [1.82, 2.24) is 0 Å². The monoisotopic (exact) mass is 261 g/mol. The molecule has 1 fully saturated rings. The van der Waals surface area contributed by atoms with Crippen LogP contribution in [0.1, 0.15) is 77.6 Å². The fourth-order valence-electron chi connectivity index (χ4n) is 2.81. The van der Waals surface area contributed by atoms with E-state index < -0.39 is 0 Å². The molecule has 2 heteroatoms. The molecular formula is C15H32ClN. The van der Waals surface area contributed by atoms with Crippen LogP contribution in [0.25, 0.3) is 0 Å². The molecule has 0 radical (unpaired) electrons. The maximum atomic E-state index is 2.29. The molecule has 0 aromatic heterocycles. The summed E-state index contributed by atoms with van der Waals surface area (Å²) in [5.41, 5.74) is 0. The summed E-state index contributed by atoms with van der Waals surface area (Å²) in [5, 5.41) is 0. The third kappa shape index (κ3) is 9.91. The number of quaternary nitrogens is 1. The third-order valence-electron chi connectivity index (χ3n) is 3.94. The zero-order chi connectivity index (χ0) is 11.5. The summed E-state index contributed by atoms with van der Waals surface area (Å²) in [4.78, 5) is 1.89. The molecule has 0 bridgehead atoms. The highest BCUT2D eigenvalue weighted by Crippen LogP contribution is 2.07. The average Bonchev–Trinajstić information content (AvgIpc) is 2.34. The van der Waals surface area contributed by atoms with E-state index >= 15 is 0 Å². The minimum Gasteiger partial charge on any atom is -1.00 e. The maximum absolute atomic E-state index is 2.29. The quantitative estimate of drug-likeness (QED) is 0.566. The van der Waals surface area contributed by atoms with Gasteiger partial charge in [0.05, 0.1) is 19.6 Å². The van der Waals surface area contributed by atoms with Crippen molar-refractivity contribution < 1.29 is 17.3 Å². The summed E-state index contributed by atoms with van der Waals surface area (Å²) >= 11 is 0. The van der Waals surface area contributed by atoms with Gasteiger partial charge in [0, 0.05) is 0 Å². The van der Waals surface area contributed by atoms with Gasteiger partial charge in [0.25, 0.3) is 0 Å². The molecule has 1 saturated heterocycles. The molecule has 1 N–H and O–H groups in total. The van der Waals surface area contributed by atoms with Crippen LogP contribution in [0, 0.1) is 0 Å². The zero-order valence-corrected chi connectivity index (χ0v) is 12.5. The Labute approximate surface area is 115 Å². The molecule has 1 heterocycles. The van der Waals surface area contributed by atoms with Gasteiger partial charge in [0.2, 0.25) is 0 Å². The third-order valence-corrected chi connectivity index (χ3v) is 3.94. The predicted molar refractivity (Wildman–Crippen MR) is 72.0 cm³/mol. The smallest absolute Gasteiger partial charge is 0.0770 e. The maximum Gasteiger partial charge on any atom is 0.0770 e.